The number of hydrogen-bond acceptors (Lipinski definition) is 3. The van der Waals surface area contributed by atoms with Gasteiger partial charge in [-0.3, -0.25) is 9.59 Å². The molecule has 1 atom stereocenters. The molecule has 0 saturated heterocycles. The molecule has 4 nitrogen and oxygen atoms in total. The highest BCUT2D eigenvalue weighted by Gasteiger charge is 2.18. The molecule has 0 bridgehead atoms. The van der Waals surface area contributed by atoms with E-state index in [0.29, 0.717) is 11.4 Å². The van der Waals surface area contributed by atoms with E-state index >= 15 is 0 Å². The Morgan fingerprint density at radius 3 is 2.29 bits per heavy atom. The van der Waals surface area contributed by atoms with Crippen LogP contribution in [0.5, 0.6) is 0 Å². The van der Waals surface area contributed by atoms with E-state index < -0.39 is 11.3 Å². The van der Waals surface area contributed by atoms with Crippen molar-refractivity contribution >= 4 is 34.1 Å². The number of halogens is 1. The zero-order valence-electron chi connectivity index (χ0n) is 11.5. The molecule has 1 unspecified atom stereocenters. The number of hydrogen-bond donors (Lipinski definition) is 2. The average molecular weight is 303 g/mol. The monoisotopic (exact) mass is 302 g/mol. The molecular weight excluding hydrogens is 288 g/mol. The second-order valence-electron chi connectivity index (χ2n) is 4.55. The number of amides is 1. The van der Waals surface area contributed by atoms with Crippen LogP contribution in [0.3, 0.4) is 0 Å². The molecule has 0 aliphatic heterocycles. The van der Waals surface area contributed by atoms with Crippen molar-refractivity contribution in [3.63, 3.8) is 0 Å². The maximum absolute atomic E-state index is 11.6. The third-order valence-electron chi connectivity index (χ3n) is 2.85. The van der Waals surface area contributed by atoms with Crippen molar-refractivity contribution in [2.24, 2.45) is 0 Å². The van der Waals surface area contributed by atoms with Crippen LogP contribution in [0.25, 0.3) is 0 Å². The summed E-state index contributed by atoms with van der Waals surface area (Å²) in [6.07, 6.45) is 0. The highest BCUT2D eigenvalue weighted by Crippen LogP contribution is 2.23. The summed E-state index contributed by atoms with van der Waals surface area (Å²) in [6, 6.07) is 15.7. The van der Waals surface area contributed by atoms with E-state index in [1.54, 1.807) is 24.3 Å². The second kappa shape index (κ2) is 6.90. The van der Waals surface area contributed by atoms with Gasteiger partial charge in [-0.2, -0.15) is 0 Å². The molecule has 0 radical (unpaired) electrons. The summed E-state index contributed by atoms with van der Waals surface area (Å²) in [4.78, 5) is 22.7. The Bertz CT molecular complexity index is 644. The van der Waals surface area contributed by atoms with E-state index in [-0.39, 0.29) is 5.91 Å². The smallest absolute Gasteiger partial charge is 0.248 e. The van der Waals surface area contributed by atoms with Crippen molar-refractivity contribution in [2.75, 3.05) is 10.6 Å². The number of benzene rings is 2. The third-order valence-corrected chi connectivity index (χ3v) is 3.07. The Hall–Kier alpha value is -2.33. The summed E-state index contributed by atoms with van der Waals surface area (Å²) >= 11 is 5.68. The van der Waals surface area contributed by atoms with Gasteiger partial charge in [-0.25, -0.2) is 0 Å². The molecule has 0 spiro atoms. The van der Waals surface area contributed by atoms with Crippen molar-refractivity contribution < 1.29 is 9.59 Å². The predicted molar refractivity (Wildman–Crippen MR) is 84.4 cm³/mol. The van der Waals surface area contributed by atoms with E-state index in [0.717, 1.165) is 5.56 Å². The van der Waals surface area contributed by atoms with Gasteiger partial charge < -0.3 is 10.6 Å². The third kappa shape index (κ3) is 4.33. The SMILES string of the molecule is CC(=O)Nc1cccc(NC(C(=O)Cl)c2ccccc2)c1. The number of anilines is 2. The molecule has 2 N–H and O–H groups in total. The largest absolute Gasteiger partial charge is 0.371 e. The lowest BCUT2D eigenvalue weighted by Crippen LogP contribution is -2.17. The molecule has 1 amide bonds. The molecule has 108 valence electrons. The lowest BCUT2D eigenvalue weighted by atomic mass is 10.1. The van der Waals surface area contributed by atoms with Crippen LogP contribution in [0.4, 0.5) is 11.4 Å². The Kier molecular flexibility index (Phi) is 4.95. The van der Waals surface area contributed by atoms with Gasteiger partial charge in [0.25, 0.3) is 0 Å². The van der Waals surface area contributed by atoms with Crippen molar-refractivity contribution in [2.45, 2.75) is 13.0 Å². The Morgan fingerprint density at radius 2 is 1.67 bits per heavy atom. The van der Waals surface area contributed by atoms with E-state index in [1.807, 2.05) is 30.3 Å². The van der Waals surface area contributed by atoms with Crippen LogP contribution in [0.1, 0.15) is 18.5 Å². The number of carbonyl (C=O) groups excluding carboxylic acids is 2. The molecule has 2 rings (SSSR count). The maximum Gasteiger partial charge on any atom is 0.248 e. The van der Waals surface area contributed by atoms with Crippen LogP contribution in [-0.4, -0.2) is 11.1 Å². The first-order valence-corrected chi connectivity index (χ1v) is 6.82. The summed E-state index contributed by atoms with van der Waals surface area (Å²) in [5.41, 5.74) is 2.13. The van der Waals surface area contributed by atoms with Crippen molar-refractivity contribution in [1.82, 2.24) is 0 Å². The van der Waals surface area contributed by atoms with Gasteiger partial charge in [0, 0.05) is 18.3 Å². The van der Waals surface area contributed by atoms with Crippen LogP contribution < -0.4 is 10.6 Å². The van der Waals surface area contributed by atoms with Gasteiger partial charge in [0.05, 0.1) is 0 Å². The van der Waals surface area contributed by atoms with Crippen LogP contribution >= 0.6 is 11.6 Å². The molecule has 0 aromatic heterocycles. The molecule has 2 aromatic carbocycles. The molecule has 21 heavy (non-hydrogen) atoms. The molecule has 0 heterocycles. The fourth-order valence-electron chi connectivity index (χ4n) is 1.97. The lowest BCUT2D eigenvalue weighted by molar-refractivity contribution is -0.114. The first-order chi connectivity index (χ1) is 10.1. The molecule has 0 aliphatic carbocycles. The molecule has 0 fully saturated rings. The van der Waals surface area contributed by atoms with Crippen LogP contribution in [0, 0.1) is 0 Å². The van der Waals surface area contributed by atoms with Crippen molar-refractivity contribution in [1.29, 1.82) is 0 Å². The van der Waals surface area contributed by atoms with Gasteiger partial charge in [0.2, 0.25) is 11.1 Å². The predicted octanol–water partition coefficient (Wildman–Crippen LogP) is 3.56. The summed E-state index contributed by atoms with van der Waals surface area (Å²) in [7, 11) is 0. The number of nitrogens with one attached hydrogen (secondary N) is 2. The molecule has 0 aliphatic rings. The summed E-state index contributed by atoms with van der Waals surface area (Å²) in [6.45, 7) is 1.44. The molecule has 5 heteroatoms. The van der Waals surface area contributed by atoms with Crippen molar-refractivity contribution in [3.05, 3.63) is 60.2 Å². The Balaban J connectivity index is 2.22. The topological polar surface area (TPSA) is 58.2 Å². The summed E-state index contributed by atoms with van der Waals surface area (Å²) in [5.74, 6) is -0.153. The average Bonchev–Trinajstić information content (AvgIpc) is 2.45. The van der Waals surface area contributed by atoms with Gasteiger partial charge in [0.1, 0.15) is 6.04 Å². The molecule has 2 aromatic rings. The standard InChI is InChI=1S/C16H15ClN2O2/c1-11(20)18-13-8-5-9-14(10-13)19-15(16(17)21)12-6-3-2-4-7-12/h2-10,15,19H,1H3,(H,18,20). The molecule has 0 saturated carbocycles. The minimum absolute atomic E-state index is 0.153. The maximum atomic E-state index is 11.6. The van der Waals surface area contributed by atoms with Gasteiger partial charge in [-0.15, -0.1) is 0 Å². The number of rotatable bonds is 5. The fourth-order valence-corrected chi connectivity index (χ4v) is 2.15. The quantitative estimate of drug-likeness (QED) is 0.830. The zero-order valence-corrected chi connectivity index (χ0v) is 12.2. The first kappa shape index (κ1) is 15.1. The van der Waals surface area contributed by atoms with Gasteiger partial charge >= 0.3 is 0 Å². The Morgan fingerprint density at radius 1 is 1.00 bits per heavy atom. The second-order valence-corrected chi connectivity index (χ2v) is 4.93. The van der Waals surface area contributed by atoms with E-state index in [1.165, 1.54) is 6.92 Å². The van der Waals surface area contributed by atoms with Gasteiger partial charge in [-0.05, 0) is 35.4 Å². The fraction of sp³-hybridized carbons (Fsp3) is 0.125. The summed E-state index contributed by atoms with van der Waals surface area (Å²) < 4.78 is 0. The minimum atomic E-state index is -0.638. The van der Waals surface area contributed by atoms with Crippen LogP contribution in [0.2, 0.25) is 0 Å². The van der Waals surface area contributed by atoms with E-state index in [4.69, 9.17) is 11.6 Å². The lowest BCUT2D eigenvalue weighted by Gasteiger charge is -2.17. The molecular formula is C16H15ClN2O2. The highest BCUT2D eigenvalue weighted by atomic mass is 35.5. The normalized spacial score (nSPS) is 11.5. The minimum Gasteiger partial charge on any atom is -0.371 e. The van der Waals surface area contributed by atoms with Crippen LogP contribution in [-0.2, 0) is 9.59 Å². The van der Waals surface area contributed by atoms with Crippen LogP contribution in [0.15, 0.2) is 54.6 Å². The first-order valence-electron chi connectivity index (χ1n) is 6.45. The van der Waals surface area contributed by atoms with E-state index in [9.17, 15) is 9.59 Å². The zero-order chi connectivity index (χ0) is 15.2. The van der Waals surface area contributed by atoms with Gasteiger partial charge in [0.15, 0.2) is 0 Å². The summed E-state index contributed by atoms with van der Waals surface area (Å²) in [5, 5.41) is 5.27. The van der Waals surface area contributed by atoms with Gasteiger partial charge in [-0.1, -0.05) is 36.4 Å². The number of carbonyl (C=O) groups is 2. The van der Waals surface area contributed by atoms with Crippen molar-refractivity contribution in [3.8, 4) is 0 Å². The highest BCUT2D eigenvalue weighted by molar-refractivity contribution is 6.64. The Labute approximate surface area is 128 Å². The van der Waals surface area contributed by atoms with E-state index in [2.05, 4.69) is 10.6 Å².